The first kappa shape index (κ1) is 21.3. The van der Waals surface area contributed by atoms with Crippen molar-refractivity contribution in [2.24, 2.45) is 0 Å². The van der Waals surface area contributed by atoms with Gasteiger partial charge in [0.15, 0.2) is 17.7 Å². The first-order valence-corrected chi connectivity index (χ1v) is 9.61. The lowest BCUT2D eigenvalue weighted by atomic mass is 10.2. The average molecular weight is 409 g/mol. The minimum atomic E-state index is -3.71. The minimum absolute atomic E-state index is 0.0332. The van der Waals surface area contributed by atoms with Gasteiger partial charge in [-0.1, -0.05) is 18.2 Å². The molecule has 0 fully saturated rings. The van der Waals surface area contributed by atoms with Gasteiger partial charge in [-0.25, -0.2) is 17.1 Å². The van der Waals surface area contributed by atoms with Crippen molar-refractivity contribution in [3.8, 4) is 5.75 Å². The molecule has 0 radical (unpaired) electrons. The Balaban J connectivity index is 2.00. The van der Waals surface area contributed by atoms with Gasteiger partial charge in [0.05, 0.1) is 4.90 Å². The van der Waals surface area contributed by atoms with Crippen molar-refractivity contribution < 1.29 is 27.1 Å². The van der Waals surface area contributed by atoms with Gasteiger partial charge >= 0.3 is 0 Å². The van der Waals surface area contributed by atoms with E-state index in [9.17, 15) is 22.4 Å². The largest absolute Gasteiger partial charge is 0.478 e. The molecule has 150 valence electrons. The van der Waals surface area contributed by atoms with Crippen LogP contribution in [0.15, 0.2) is 53.4 Å². The summed E-state index contributed by atoms with van der Waals surface area (Å²) in [5.74, 6) is -2.15. The van der Waals surface area contributed by atoms with Gasteiger partial charge in [-0.05, 0) is 37.3 Å². The number of sulfonamides is 1. The molecule has 0 aliphatic rings. The molecular weight excluding hydrogens is 389 g/mol. The summed E-state index contributed by atoms with van der Waals surface area (Å²) in [4.78, 5) is 24.2. The Morgan fingerprint density at radius 2 is 1.75 bits per heavy atom. The smallest absolute Gasteiger partial charge is 0.279 e. The molecule has 0 unspecified atom stereocenters. The third-order valence-electron chi connectivity index (χ3n) is 3.68. The van der Waals surface area contributed by atoms with Crippen LogP contribution in [-0.2, 0) is 14.8 Å². The molecule has 1 atom stereocenters. The lowest BCUT2D eigenvalue weighted by Crippen LogP contribution is -2.47. The molecule has 2 aromatic rings. The number of halogens is 1. The third kappa shape index (κ3) is 5.05. The fraction of sp³-hybridized carbons (Fsp3) is 0.222. The van der Waals surface area contributed by atoms with E-state index in [1.165, 1.54) is 63.5 Å². The van der Waals surface area contributed by atoms with E-state index in [0.717, 1.165) is 4.31 Å². The predicted octanol–water partition coefficient (Wildman–Crippen LogP) is 1.30. The molecule has 0 heterocycles. The number of benzene rings is 2. The van der Waals surface area contributed by atoms with E-state index in [-0.39, 0.29) is 16.2 Å². The fourth-order valence-electron chi connectivity index (χ4n) is 2.09. The van der Waals surface area contributed by atoms with E-state index in [2.05, 4.69) is 10.9 Å². The lowest BCUT2D eigenvalue weighted by molar-refractivity contribution is -0.128. The summed E-state index contributed by atoms with van der Waals surface area (Å²) < 4.78 is 44.1. The van der Waals surface area contributed by atoms with Crippen LogP contribution >= 0.6 is 0 Å². The number of nitrogens with zero attached hydrogens (tertiary/aromatic N) is 1. The molecule has 0 spiro atoms. The number of hydrogen-bond acceptors (Lipinski definition) is 5. The van der Waals surface area contributed by atoms with Crippen molar-refractivity contribution in [2.45, 2.75) is 17.9 Å². The third-order valence-corrected chi connectivity index (χ3v) is 5.49. The molecule has 0 aliphatic carbocycles. The first-order valence-electron chi connectivity index (χ1n) is 8.17. The van der Waals surface area contributed by atoms with E-state index in [4.69, 9.17) is 4.74 Å². The van der Waals surface area contributed by atoms with Crippen molar-refractivity contribution in [1.82, 2.24) is 15.2 Å². The second kappa shape index (κ2) is 8.81. The second-order valence-electron chi connectivity index (χ2n) is 5.95. The van der Waals surface area contributed by atoms with Crippen molar-refractivity contribution in [3.63, 3.8) is 0 Å². The molecule has 2 amide bonds. The van der Waals surface area contributed by atoms with E-state index in [0.29, 0.717) is 0 Å². The van der Waals surface area contributed by atoms with Crippen molar-refractivity contribution in [2.75, 3.05) is 14.1 Å². The first-order chi connectivity index (χ1) is 13.1. The highest BCUT2D eigenvalue weighted by atomic mass is 32.2. The maximum atomic E-state index is 13.6. The molecule has 2 aromatic carbocycles. The van der Waals surface area contributed by atoms with Crippen LogP contribution in [-0.4, -0.2) is 44.7 Å². The van der Waals surface area contributed by atoms with Crippen LogP contribution in [0.1, 0.15) is 17.3 Å². The monoisotopic (exact) mass is 409 g/mol. The Morgan fingerprint density at radius 1 is 1.07 bits per heavy atom. The van der Waals surface area contributed by atoms with Crippen LogP contribution in [0, 0.1) is 5.82 Å². The van der Waals surface area contributed by atoms with Crippen LogP contribution in [0.5, 0.6) is 5.75 Å². The van der Waals surface area contributed by atoms with Crippen LogP contribution in [0.4, 0.5) is 4.39 Å². The Hall–Kier alpha value is -2.98. The highest BCUT2D eigenvalue weighted by molar-refractivity contribution is 7.89. The summed E-state index contributed by atoms with van der Waals surface area (Å²) in [7, 11) is -0.957. The van der Waals surface area contributed by atoms with E-state index >= 15 is 0 Å². The van der Waals surface area contributed by atoms with Gasteiger partial charge < -0.3 is 4.74 Å². The van der Waals surface area contributed by atoms with Gasteiger partial charge in [0.25, 0.3) is 11.8 Å². The highest BCUT2D eigenvalue weighted by Gasteiger charge is 2.20. The number of hydrogen-bond donors (Lipinski definition) is 2. The number of nitrogens with one attached hydrogen (secondary N) is 2. The molecule has 2 rings (SSSR count). The number of carbonyl (C=O) groups excluding carboxylic acids is 2. The zero-order valence-electron chi connectivity index (χ0n) is 15.5. The van der Waals surface area contributed by atoms with Gasteiger partial charge in [-0.3, -0.25) is 20.4 Å². The van der Waals surface area contributed by atoms with E-state index in [1.807, 2.05) is 0 Å². The number of hydrazine groups is 1. The normalized spacial score (nSPS) is 12.3. The van der Waals surface area contributed by atoms with Gasteiger partial charge in [0.1, 0.15) is 0 Å². The predicted molar refractivity (Wildman–Crippen MR) is 99.4 cm³/mol. The standard InChI is InChI=1S/C18H20FN3O5S/c1-12(27-16-10-5-4-9-15(16)19)17(23)20-21-18(24)13-7-6-8-14(11-13)28(25,26)22(2)3/h4-12H,1-3H3,(H,20,23)(H,21,24)/t12-/m1/s1. The topological polar surface area (TPSA) is 105 Å². The van der Waals surface area contributed by atoms with Gasteiger partial charge in [0, 0.05) is 19.7 Å². The number of para-hydroxylation sites is 1. The summed E-state index contributed by atoms with van der Waals surface area (Å²) in [6.45, 7) is 1.39. The van der Waals surface area contributed by atoms with E-state index < -0.39 is 33.8 Å². The van der Waals surface area contributed by atoms with Crippen LogP contribution < -0.4 is 15.6 Å². The number of ether oxygens (including phenoxy) is 1. The van der Waals surface area contributed by atoms with Crippen molar-refractivity contribution in [3.05, 3.63) is 59.9 Å². The van der Waals surface area contributed by atoms with E-state index in [1.54, 1.807) is 6.07 Å². The Kier molecular flexibility index (Phi) is 6.71. The molecule has 8 nitrogen and oxygen atoms in total. The summed E-state index contributed by atoms with van der Waals surface area (Å²) in [5.41, 5.74) is 4.36. The molecule has 0 aliphatic heterocycles. The minimum Gasteiger partial charge on any atom is -0.478 e. The summed E-state index contributed by atoms with van der Waals surface area (Å²) in [6, 6.07) is 11.0. The zero-order valence-corrected chi connectivity index (χ0v) is 16.3. The Bertz CT molecular complexity index is 979. The summed E-state index contributed by atoms with van der Waals surface area (Å²) >= 11 is 0. The number of rotatable bonds is 6. The SMILES string of the molecule is C[C@@H](Oc1ccccc1F)C(=O)NNC(=O)c1cccc(S(=O)(=O)N(C)C)c1. The molecule has 28 heavy (non-hydrogen) atoms. The van der Waals surface area contributed by atoms with Gasteiger partial charge in [-0.15, -0.1) is 0 Å². The maximum absolute atomic E-state index is 13.6. The molecule has 0 aromatic heterocycles. The van der Waals surface area contributed by atoms with Crippen molar-refractivity contribution >= 4 is 21.8 Å². The highest BCUT2D eigenvalue weighted by Crippen LogP contribution is 2.17. The van der Waals surface area contributed by atoms with Crippen LogP contribution in [0.3, 0.4) is 0 Å². The molecule has 0 bridgehead atoms. The Labute approximate surface area is 162 Å². The lowest BCUT2D eigenvalue weighted by Gasteiger charge is -2.16. The number of amides is 2. The molecule has 0 saturated carbocycles. The quantitative estimate of drug-likeness (QED) is 0.700. The molecule has 0 saturated heterocycles. The number of carbonyl (C=O) groups is 2. The second-order valence-corrected chi connectivity index (χ2v) is 8.10. The molecule has 2 N–H and O–H groups in total. The zero-order chi connectivity index (χ0) is 20.9. The average Bonchev–Trinajstić information content (AvgIpc) is 2.67. The molecular formula is C18H20FN3O5S. The fourth-order valence-corrected chi connectivity index (χ4v) is 3.03. The van der Waals surface area contributed by atoms with Crippen LogP contribution in [0.25, 0.3) is 0 Å². The van der Waals surface area contributed by atoms with Gasteiger partial charge in [-0.2, -0.15) is 0 Å². The molecule has 10 heteroatoms. The van der Waals surface area contributed by atoms with Gasteiger partial charge in [0.2, 0.25) is 10.0 Å². The van der Waals surface area contributed by atoms with Crippen LogP contribution in [0.2, 0.25) is 0 Å². The van der Waals surface area contributed by atoms with Crippen molar-refractivity contribution in [1.29, 1.82) is 0 Å². The Morgan fingerprint density at radius 3 is 2.39 bits per heavy atom. The summed E-state index contributed by atoms with van der Waals surface area (Å²) in [5, 5.41) is 0. The maximum Gasteiger partial charge on any atom is 0.279 e. The summed E-state index contributed by atoms with van der Waals surface area (Å²) in [6.07, 6.45) is -1.09.